The van der Waals surface area contributed by atoms with Crippen LogP contribution in [0.5, 0.6) is 0 Å². The van der Waals surface area contributed by atoms with Crippen molar-refractivity contribution in [3.05, 3.63) is 34.6 Å². The highest BCUT2D eigenvalue weighted by molar-refractivity contribution is 6.30. The highest BCUT2D eigenvalue weighted by Gasteiger charge is 1.97. The van der Waals surface area contributed by atoms with Gasteiger partial charge in [-0.05, 0) is 18.2 Å². The Hall–Kier alpha value is -1.53. The molecule has 1 aromatic rings. The minimum Gasteiger partial charge on any atom is -0.369 e. The number of carbonyl (C=O) groups excluding carboxylic acids is 1. The van der Waals surface area contributed by atoms with Gasteiger partial charge in [0.25, 0.3) is 0 Å². The van der Waals surface area contributed by atoms with Crippen LogP contribution < -0.4 is 5.73 Å². The zero-order valence-electron chi connectivity index (χ0n) is 7.18. The van der Waals surface area contributed by atoms with Crippen LogP contribution in [-0.4, -0.2) is 5.91 Å². The number of rotatable bonds is 1. The lowest BCUT2D eigenvalue weighted by Gasteiger charge is -1.93. The molecule has 14 heavy (non-hydrogen) atoms. The molecule has 0 atom stereocenters. The number of primary amides is 1. The molecule has 0 saturated heterocycles. The number of benzene rings is 1. The van der Waals surface area contributed by atoms with Crippen molar-refractivity contribution in [2.75, 3.05) is 0 Å². The summed E-state index contributed by atoms with van der Waals surface area (Å²) < 4.78 is 12.7. The Morgan fingerprint density at radius 3 is 2.86 bits per heavy atom. The lowest BCUT2D eigenvalue weighted by atomic mass is 10.2. The summed E-state index contributed by atoms with van der Waals surface area (Å²) in [6.45, 7) is 0. The van der Waals surface area contributed by atoms with Crippen LogP contribution in [0.25, 0.3) is 0 Å². The van der Waals surface area contributed by atoms with Crippen molar-refractivity contribution in [1.29, 1.82) is 0 Å². The number of amides is 1. The molecule has 4 heteroatoms. The summed E-state index contributed by atoms with van der Waals surface area (Å²) in [4.78, 5) is 10.3. The first-order valence-corrected chi connectivity index (χ1v) is 4.19. The van der Waals surface area contributed by atoms with E-state index in [9.17, 15) is 9.18 Å². The normalized spacial score (nSPS) is 9.00. The first kappa shape index (κ1) is 10.6. The molecule has 0 spiro atoms. The first-order valence-electron chi connectivity index (χ1n) is 3.82. The van der Waals surface area contributed by atoms with Crippen molar-refractivity contribution < 1.29 is 9.18 Å². The second-order valence-electron chi connectivity index (χ2n) is 2.57. The molecule has 0 aromatic heterocycles. The second kappa shape index (κ2) is 4.64. The fourth-order valence-electron chi connectivity index (χ4n) is 0.807. The second-order valence-corrected chi connectivity index (χ2v) is 2.98. The number of halogens is 2. The van der Waals surface area contributed by atoms with E-state index in [0.717, 1.165) is 0 Å². The van der Waals surface area contributed by atoms with Gasteiger partial charge in [-0.25, -0.2) is 4.39 Å². The van der Waals surface area contributed by atoms with Gasteiger partial charge in [-0.1, -0.05) is 23.4 Å². The molecule has 0 heterocycles. The minimum absolute atomic E-state index is 0.0101. The third kappa shape index (κ3) is 3.08. The lowest BCUT2D eigenvalue weighted by Crippen LogP contribution is -2.08. The van der Waals surface area contributed by atoms with E-state index in [-0.39, 0.29) is 11.4 Å². The molecule has 72 valence electrons. The average molecular weight is 212 g/mol. The van der Waals surface area contributed by atoms with Crippen LogP contribution in [0, 0.1) is 17.7 Å². The van der Waals surface area contributed by atoms with Crippen molar-refractivity contribution in [1.82, 2.24) is 0 Å². The third-order valence-corrected chi connectivity index (χ3v) is 1.70. The summed E-state index contributed by atoms with van der Waals surface area (Å²) in [5, 5.41) is 0.0101. The molecule has 0 aliphatic rings. The van der Waals surface area contributed by atoms with Gasteiger partial charge in [0.2, 0.25) is 5.91 Å². The smallest absolute Gasteiger partial charge is 0.229 e. The van der Waals surface area contributed by atoms with Crippen molar-refractivity contribution in [2.24, 2.45) is 5.73 Å². The van der Waals surface area contributed by atoms with Crippen molar-refractivity contribution in [3.63, 3.8) is 0 Å². The van der Waals surface area contributed by atoms with Gasteiger partial charge in [0.1, 0.15) is 5.82 Å². The first-order chi connectivity index (χ1) is 6.59. The summed E-state index contributed by atoms with van der Waals surface area (Å²) in [6.07, 6.45) is -0.0189. The van der Waals surface area contributed by atoms with Crippen molar-refractivity contribution in [2.45, 2.75) is 6.42 Å². The number of carbonyl (C=O) groups is 1. The van der Waals surface area contributed by atoms with E-state index in [1.807, 2.05) is 0 Å². The molecule has 0 bridgehead atoms. The molecule has 2 N–H and O–H groups in total. The van der Waals surface area contributed by atoms with Gasteiger partial charge in [0.05, 0.1) is 11.4 Å². The molecular formula is C10H7ClFNO. The Labute approximate surface area is 85.9 Å². The number of nitrogens with two attached hydrogens (primary N) is 1. The molecule has 0 aliphatic heterocycles. The Morgan fingerprint density at radius 2 is 2.29 bits per heavy atom. The van der Waals surface area contributed by atoms with Gasteiger partial charge in [0, 0.05) is 5.56 Å². The van der Waals surface area contributed by atoms with Gasteiger partial charge in [-0.3, -0.25) is 4.79 Å². The van der Waals surface area contributed by atoms with Crippen LogP contribution in [0.1, 0.15) is 12.0 Å². The van der Waals surface area contributed by atoms with E-state index in [2.05, 4.69) is 11.8 Å². The predicted molar refractivity (Wildman–Crippen MR) is 52.1 cm³/mol. The number of hydrogen-bond acceptors (Lipinski definition) is 1. The summed E-state index contributed by atoms with van der Waals surface area (Å²) >= 11 is 5.52. The molecule has 0 saturated carbocycles. The molecule has 0 fully saturated rings. The largest absolute Gasteiger partial charge is 0.369 e. The van der Waals surface area contributed by atoms with Crippen molar-refractivity contribution >= 4 is 17.5 Å². The maximum Gasteiger partial charge on any atom is 0.229 e. The Bertz CT molecular complexity index is 420. The van der Waals surface area contributed by atoms with E-state index in [1.54, 1.807) is 0 Å². The summed E-state index contributed by atoms with van der Waals surface area (Å²) in [5.41, 5.74) is 5.44. The van der Waals surface area contributed by atoms with Crippen molar-refractivity contribution in [3.8, 4) is 11.8 Å². The van der Waals surface area contributed by atoms with Crippen LogP contribution >= 0.6 is 11.6 Å². The zero-order valence-corrected chi connectivity index (χ0v) is 7.94. The van der Waals surface area contributed by atoms with E-state index < -0.39 is 11.7 Å². The number of hydrogen-bond donors (Lipinski definition) is 1. The van der Waals surface area contributed by atoms with E-state index >= 15 is 0 Å². The lowest BCUT2D eigenvalue weighted by molar-refractivity contribution is -0.117. The van der Waals surface area contributed by atoms with Gasteiger partial charge in [0.15, 0.2) is 0 Å². The van der Waals surface area contributed by atoms with Gasteiger partial charge in [-0.15, -0.1) is 0 Å². The highest BCUT2D eigenvalue weighted by atomic mass is 35.5. The van der Waals surface area contributed by atoms with Gasteiger partial charge >= 0.3 is 0 Å². The fourth-order valence-corrected chi connectivity index (χ4v) is 0.988. The third-order valence-electron chi connectivity index (χ3n) is 1.41. The molecule has 1 rings (SSSR count). The van der Waals surface area contributed by atoms with Crippen LogP contribution in [-0.2, 0) is 4.79 Å². The van der Waals surface area contributed by atoms with E-state index in [1.165, 1.54) is 18.2 Å². The Balaban J connectivity index is 2.81. The minimum atomic E-state index is -0.495. The Kier molecular flexibility index (Phi) is 3.49. The summed E-state index contributed by atoms with van der Waals surface area (Å²) in [7, 11) is 0. The van der Waals surface area contributed by atoms with Gasteiger partial charge < -0.3 is 5.73 Å². The van der Waals surface area contributed by atoms with Gasteiger partial charge in [-0.2, -0.15) is 0 Å². The predicted octanol–water partition coefficient (Wildman–Crippen LogP) is 1.71. The fraction of sp³-hybridized carbons (Fsp3) is 0.100. The highest BCUT2D eigenvalue weighted by Crippen LogP contribution is 2.15. The summed E-state index contributed by atoms with van der Waals surface area (Å²) in [5.74, 6) is 4.20. The van der Waals surface area contributed by atoms with Crippen LogP contribution in [0.4, 0.5) is 4.39 Å². The molecule has 1 aromatic carbocycles. The molecule has 1 amide bonds. The quantitative estimate of drug-likeness (QED) is 0.706. The topological polar surface area (TPSA) is 43.1 Å². The van der Waals surface area contributed by atoms with Crippen LogP contribution in [0.3, 0.4) is 0 Å². The maximum absolute atomic E-state index is 12.7. The monoisotopic (exact) mass is 211 g/mol. The summed E-state index contributed by atoms with van der Waals surface area (Å²) in [6, 6.07) is 4.09. The average Bonchev–Trinajstić information content (AvgIpc) is 2.10. The SMILES string of the molecule is NC(=O)CC#Cc1ccc(F)c(Cl)c1. The standard InChI is InChI=1S/C10H7ClFNO/c11-8-6-7(4-5-9(8)12)2-1-3-10(13)14/h4-6H,3H2,(H2,13,14). The molecule has 0 aliphatic carbocycles. The van der Waals surface area contributed by atoms with Crippen LogP contribution in [0.2, 0.25) is 5.02 Å². The molecular weight excluding hydrogens is 205 g/mol. The zero-order chi connectivity index (χ0) is 10.6. The molecule has 0 radical (unpaired) electrons. The molecule has 2 nitrogen and oxygen atoms in total. The molecule has 0 unspecified atom stereocenters. The van der Waals surface area contributed by atoms with E-state index in [0.29, 0.717) is 5.56 Å². The Morgan fingerprint density at radius 1 is 1.57 bits per heavy atom. The van der Waals surface area contributed by atoms with E-state index in [4.69, 9.17) is 17.3 Å². The maximum atomic E-state index is 12.7. The van der Waals surface area contributed by atoms with Crippen LogP contribution in [0.15, 0.2) is 18.2 Å².